The number of methoxy groups -OCH3 is 1. The first-order valence-electron chi connectivity index (χ1n) is 6.33. The molecule has 20 heavy (non-hydrogen) atoms. The minimum Gasteiger partial charge on any atom is -0.383 e. The molecule has 0 aliphatic heterocycles. The van der Waals surface area contributed by atoms with Crippen LogP contribution in [0.3, 0.4) is 0 Å². The summed E-state index contributed by atoms with van der Waals surface area (Å²) in [6.45, 7) is 4.43. The van der Waals surface area contributed by atoms with Crippen molar-refractivity contribution in [1.82, 2.24) is 5.32 Å². The van der Waals surface area contributed by atoms with E-state index in [1.807, 2.05) is 0 Å². The van der Waals surface area contributed by atoms with Gasteiger partial charge in [0.1, 0.15) is 0 Å². The van der Waals surface area contributed by atoms with Gasteiger partial charge in [0.25, 0.3) is 5.91 Å². The van der Waals surface area contributed by atoms with Gasteiger partial charge in [-0.3, -0.25) is 9.59 Å². The van der Waals surface area contributed by atoms with Crippen LogP contribution in [-0.2, 0) is 9.53 Å². The molecular formula is C14H19ClN2O3. The van der Waals surface area contributed by atoms with E-state index >= 15 is 0 Å². The van der Waals surface area contributed by atoms with Crippen molar-refractivity contribution < 1.29 is 14.3 Å². The second-order valence-corrected chi connectivity index (χ2v) is 4.99. The quantitative estimate of drug-likeness (QED) is 0.792. The van der Waals surface area contributed by atoms with Crippen LogP contribution >= 0.6 is 11.6 Å². The van der Waals surface area contributed by atoms with Crippen molar-refractivity contribution in [2.45, 2.75) is 13.8 Å². The highest BCUT2D eigenvalue weighted by Crippen LogP contribution is 2.23. The predicted molar refractivity (Wildman–Crippen MR) is 79.1 cm³/mol. The maximum atomic E-state index is 11.9. The molecule has 1 rings (SSSR count). The number of halogens is 1. The van der Waals surface area contributed by atoms with Crippen LogP contribution in [-0.4, -0.2) is 32.1 Å². The van der Waals surface area contributed by atoms with Gasteiger partial charge in [-0.2, -0.15) is 0 Å². The van der Waals surface area contributed by atoms with Crippen molar-refractivity contribution >= 4 is 29.1 Å². The Kier molecular flexibility index (Phi) is 6.48. The molecule has 6 heteroatoms. The van der Waals surface area contributed by atoms with Gasteiger partial charge in [-0.05, 0) is 18.2 Å². The van der Waals surface area contributed by atoms with Crippen LogP contribution in [0.25, 0.3) is 0 Å². The Labute approximate surface area is 123 Å². The van der Waals surface area contributed by atoms with Gasteiger partial charge in [-0.1, -0.05) is 25.4 Å². The zero-order chi connectivity index (χ0) is 15.1. The minimum atomic E-state index is -0.237. The number of carbonyl (C=O) groups excluding carboxylic acids is 2. The van der Waals surface area contributed by atoms with Gasteiger partial charge in [0.2, 0.25) is 5.91 Å². The summed E-state index contributed by atoms with van der Waals surface area (Å²) in [6, 6.07) is 4.75. The van der Waals surface area contributed by atoms with Crippen LogP contribution in [0.2, 0.25) is 5.02 Å². The highest BCUT2D eigenvalue weighted by Gasteiger charge is 2.12. The summed E-state index contributed by atoms with van der Waals surface area (Å²) in [7, 11) is 1.56. The molecule has 2 N–H and O–H groups in total. The number of nitrogens with one attached hydrogen (secondary N) is 2. The third kappa shape index (κ3) is 4.83. The average molecular weight is 299 g/mol. The predicted octanol–water partition coefficient (Wildman–Crippen LogP) is 2.31. The molecule has 0 spiro atoms. The zero-order valence-corrected chi connectivity index (χ0v) is 12.6. The molecule has 0 heterocycles. The van der Waals surface area contributed by atoms with Crippen molar-refractivity contribution in [3.63, 3.8) is 0 Å². The normalized spacial score (nSPS) is 10.4. The van der Waals surface area contributed by atoms with Crippen molar-refractivity contribution in [3.8, 4) is 0 Å². The van der Waals surface area contributed by atoms with Crippen LogP contribution in [0.15, 0.2) is 18.2 Å². The Balaban J connectivity index is 2.80. The van der Waals surface area contributed by atoms with E-state index in [1.165, 1.54) is 0 Å². The van der Waals surface area contributed by atoms with Crippen LogP contribution in [0.4, 0.5) is 5.69 Å². The fourth-order valence-electron chi connectivity index (χ4n) is 1.41. The highest BCUT2D eigenvalue weighted by molar-refractivity contribution is 6.33. The second-order valence-electron chi connectivity index (χ2n) is 4.59. The fourth-order valence-corrected chi connectivity index (χ4v) is 1.57. The Morgan fingerprint density at radius 1 is 1.35 bits per heavy atom. The summed E-state index contributed by atoms with van der Waals surface area (Å²) in [5, 5.41) is 5.80. The number of amides is 2. The second kappa shape index (κ2) is 7.87. The molecule has 1 aromatic rings. The van der Waals surface area contributed by atoms with Gasteiger partial charge in [-0.25, -0.2) is 0 Å². The third-order valence-electron chi connectivity index (χ3n) is 2.60. The summed E-state index contributed by atoms with van der Waals surface area (Å²) < 4.78 is 4.86. The summed E-state index contributed by atoms with van der Waals surface area (Å²) in [6.07, 6.45) is 0. The molecule has 0 saturated carbocycles. The van der Waals surface area contributed by atoms with E-state index in [-0.39, 0.29) is 17.7 Å². The van der Waals surface area contributed by atoms with Gasteiger partial charge >= 0.3 is 0 Å². The number of hydrogen-bond acceptors (Lipinski definition) is 3. The number of ether oxygens (including phenoxy) is 1. The highest BCUT2D eigenvalue weighted by atomic mass is 35.5. The Bertz CT molecular complexity index is 489. The van der Waals surface area contributed by atoms with Gasteiger partial charge in [0.05, 0.1) is 17.3 Å². The average Bonchev–Trinajstić information content (AvgIpc) is 2.41. The first kappa shape index (κ1) is 16.5. The molecule has 0 saturated heterocycles. The fraction of sp³-hybridized carbons (Fsp3) is 0.429. The number of carbonyl (C=O) groups is 2. The molecule has 5 nitrogen and oxygen atoms in total. The summed E-state index contributed by atoms with van der Waals surface area (Å²) >= 11 is 6.01. The van der Waals surface area contributed by atoms with E-state index in [0.29, 0.717) is 29.4 Å². The minimum absolute atomic E-state index is 0.149. The smallest absolute Gasteiger partial charge is 0.251 e. The lowest BCUT2D eigenvalue weighted by molar-refractivity contribution is -0.118. The number of anilines is 1. The van der Waals surface area contributed by atoms with Crippen molar-refractivity contribution in [1.29, 1.82) is 0 Å². The molecule has 0 radical (unpaired) electrons. The molecule has 0 fully saturated rings. The first-order valence-corrected chi connectivity index (χ1v) is 6.71. The van der Waals surface area contributed by atoms with Crippen molar-refractivity contribution in [2.75, 3.05) is 25.6 Å². The van der Waals surface area contributed by atoms with Gasteiger partial charge in [0.15, 0.2) is 0 Å². The Morgan fingerprint density at radius 2 is 2.05 bits per heavy atom. The molecule has 1 aromatic carbocycles. The van der Waals surface area contributed by atoms with E-state index in [2.05, 4.69) is 10.6 Å². The van der Waals surface area contributed by atoms with Crippen LogP contribution in [0.5, 0.6) is 0 Å². The lowest BCUT2D eigenvalue weighted by Gasteiger charge is -2.11. The maximum Gasteiger partial charge on any atom is 0.251 e. The summed E-state index contributed by atoms with van der Waals surface area (Å²) in [5.41, 5.74) is 0.870. The molecule has 0 bridgehead atoms. The molecule has 0 aliphatic carbocycles. The van der Waals surface area contributed by atoms with Crippen LogP contribution < -0.4 is 10.6 Å². The van der Waals surface area contributed by atoms with Crippen molar-refractivity contribution in [2.24, 2.45) is 5.92 Å². The molecule has 0 aliphatic rings. The van der Waals surface area contributed by atoms with Crippen molar-refractivity contribution in [3.05, 3.63) is 28.8 Å². The largest absolute Gasteiger partial charge is 0.383 e. The van der Waals surface area contributed by atoms with Gasteiger partial charge in [-0.15, -0.1) is 0 Å². The van der Waals surface area contributed by atoms with Crippen LogP contribution in [0, 0.1) is 5.92 Å². The number of rotatable bonds is 6. The van der Waals surface area contributed by atoms with Crippen LogP contribution in [0.1, 0.15) is 24.2 Å². The van der Waals surface area contributed by atoms with Gasteiger partial charge in [0, 0.05) is 25.1 Å². The topological polar surface area (TPSA) is 67.4 Å². The third-order valence-corrected chi connectivity index (χ3v) is 2.93. The maximum absolute atomic E-state index is 11.9. The number of hydrogen-bond donors (Lipinski definition) is 2. The SMILES string of the molecule is COCCNC(=O)c1ccc(Cl)c(NC(=O)C(C)C)c1. The molecule has 0 unspecified atom stereocenters. The molecule has 0 aromatic heterocycles. The monoisotopic (exact) mass is 298 g/mol. The van der Waals surface area contributed by atoms with E-state index in [9.17, 15) is 9.59 Å². The lowest BCUT2D eigenvalue weighted by Crippen LogP contribution is -2.27. The lowest BCUT2D eigenvalue weighted by atomic mass is 10.1. The Morgan fingerprint density at radius 3 is 2.65 bits per heavy atom. The summed E-state index contributed by atoms with van der Waals surface area (Å²) in [4.78, 5) is 23.5. The number of benzene rings is 1. The van der Waals surface area contributed by atoms with E-state index in [4.69, 9.17) is 16.3 Å². The molecule has 0 atom stereocenters. The van der Waals surface area contributed by atoms with E-state index in [0.717, 1.165) is 0 Å². The first-order chi connectivity index (χ1) is 9.45. The molecular weight excluding hydrogens is 280 g/mol. The Hall–Kier alpha value is -1.59. The van der Waals surface area contributed by atoms with Gasteiger partial charge < -0.3 is 15.4 Å². The summed E-state index contributed by atoms with van der Waals surface area (Å²) in [5.74, 6) is -0.548. The van der Waals surface area contributed by atoms with E-state index < -0.39 is 0 Å². The molecule has 2 amide bonds. The molecule has 110 valence electrons. The standard InChI is InChI=1S/C14H19ClN2O3/c1-9(2)13(18)17-12-8-10(4-5-11(12)15)14(19)16-6-7-20-3/h4-5,8-9H,6-7H2,1-3H3,(H,16,19)(H,17,18). The van der Waals surface area contributed by atoms with E-state index in [1.54, 1.807) is 39.2 Å². The zero-order valence-electron chi connectivity index (χ0n) is 11.8.